The van der Waals surface area contributed by atoms with Crippen LogP contribution in [-0.2, 0) is 6.54 Å². The molecule has 0 saturated heterocycles. The van der Waals surface area contributed by atoms with E-state index >= 15 is 0 Å². The molecule has 0 atom stereocenters. The lowest BCUT2D eigenvalue weighted by molar-refractivity contribution is 0.0952. The number of anilines is 1. The van der Waals surface area contributed by atoms with Crippen LogP contribution in [0.15, 0.2) is 78.9 Å². The van der Waals surface area contributed by atoms with Gasteiger partial charge in [-0.05, 0) is 48.2 Å². The minimum Gasteiger partial charge on any atom is -0.494 e. The van der Waals surface area contributed by atoms with Gasteiger partial charge in [0.05, 0.1) is 17.9 Å². The summed E-state index contributed by atoms with van der Waals surface area (Å²) in [5.74, 6) is 0.668. The monoisotopic (exact) mass is 416 g/mol. The highest BCUT2D eigenvalue weighted by Gasteiger charge is 2.14. The molecule has 0 radical (unpaired) electrons. The van der Waals surface area contributed by atoms with E-state index in [-0.39, 0.29) is 11.8 Å². The van der Waals surface area contributed by atoms with Crippen molar-refractivity contribution in [3.8, 4) is 5.75 Å². The number of amides is 2. The lowest BCUT2D eigenvalue weighted by atomic mass is 10.1. The predicted molar refractivity (Wildman–Crippen MR) is 123 cm³/mol. The third kappa shape index (κ3) is 6.71. The molecule has 0 aliphatic carbocycles. The van der Waals surface area contributed by atoms with Crippen LogP contribution in [0.25, 0.3) is 0 Å². The fourth-order valence-electron chi connectivity index (χ4n) is 3.00. The summed E-state index contributed by atoms with van der Waals surface area (Å²) in [6, 6.07) is 23.7. The number of rotatable bonds is 9. The van der Waals surface area contributed by atoms with Gasteiger partial charge >= 0.3 is 0 Å². The van der Waals surface area contributed by atoms with Crippen molar-refractivity contribution in [3.05, 3.63) is 95.6 Å². The maximum atomic E-state index is 12.8. The Morgan fingerprint density at radius 3 is 2.39 bits per heavy atom. The summed E-state index contributed by atoms with van der Waals surface area (Å²) in [6.07, 6.45) is 0.946. The zero-order chi connectivity index (χ0) is 22.1. The molecule has 0 aromatic heterocycles. The van der Waals surface area contributed by atoms with Gasteiger partial charge in [-0.25, -0.2) is 0 Å². The predicted octanol–water partition coefficient (Wildman–Crippen LogP) is 5.29. The summed E-state index contributed by atoms with van der Waals surface area (Å²) >= 11 is 0. The molecule has 5 nitrogen and oxygen atoms in total. The minimum absolute atomic E-state index is 0.245. The Kier molecular flexibility index (Phi) is 7.82. The zero-order valence-electron chi connectivity index (χ0n) is 17.9. The number of benzene rings is 3. The van der Waals surface area contributed by atoms with Gasteiger partial charge < -0.3 is 15.4 Å². The first-order valence-electron chi connectivity index (χ1n) is 10.5. The fourth-order valence-corrected chi connectivity index (χ4v) is 3.00. The highest BCUT2D eigenvalue weighted by Crippen LogP contribution is 2.19. The molecule has 0 unspecified atom stereocenters. The number of hydrogen-bond donors (Lipinski definition) is 2. The molecule has 0 fully saturated rings. The van der Waals surface area contributed by atoms with Gasteiger partial charge in [0.15, 0.2) is 0 Å². The molecular formula is C26H28N2O3. The van der Waals surface area contributed by atoms with E-state index in [2.05, 4.69) is 24.5 Å². The van der Waals surface area contributed by atoms with Crippen LogP contribution in [0, 0.1) is 5.92 Å². The van der Waals surface area contributed by atoms with E-state index in [9.17, 15) is 9.59 Å². The van der Waals surface area contributed by atoms with Gasteiger partial charge in [-0.1, -0.05) is 62.4 Å². The molecule has 3 aromatic rings. The van der Waals surface area contributed by atoms with Crippen LogP contribution in [0.3, 0.4) is 0 Å². The third-order valence-electron chi connectivity index (χ3n) is 4.78. The molecule has 0 aliphatic rings. The topological polar surface area (TPSA) is 67.4 Å². The summed E-state index contributed by atoms with van der Waals surface area (Å²) < 4.78 is 5.75. The Labute approximate surface area is 183 Å². The van der Waals surface area contributed by atoms with Gasteiger partial charge in [0.1, 0.15) is 5.75 Å². The summed E-state index contributed by atoms with van der Waals surface area (Å²) in [7, 11) is 0. The molecule has 0 saturated carbocycles. The number of carbonyl (C=O) groups excluding carboxylic acids is 2. The van der Waals surface area contributed by atoms with Crippen LogP contribution in [0.4, 0.5) is 5.69 Å². The lowest BCUT2D eigenvalue weighted by Gasteiger charge is -2.13. The summed E-state index contributed by atoms with van der Waals surface area (Å²) in [6.45, 7) is 5.30. The quantitative estimate of drug-likeness (QED) is 0.498. The van der Waals surface area contributed by atoms with Crippen molar-refractivity contribution in [2.45, 2.75) is 26.8 Å². The van der Waals surface area contributed by atoms with Gasteiger partial charge in [0, 0.05) is 12.1 Å². The van der Waals surface area contributed by atoms with Crippen LogP contribution < -0.4 is 15.4 Å². The van der Waals surface area contributed by atoms with Crippen LogP contribution in [0.1, 0.15) is 46.5 Å². The van der Waals surface area contributed by atoms with Crippen molar-refractivity contribution < 1.29 is 14.3 Å². The molecule has 3 rings (SSSR count). The molecule has 3 aromatic carbocycles. The number of para-hydroxylation sites is 1. The molecule has 160 valence electrons. The second-order valence-electron chi connectivity index (χ2n) is 7.73. The first-order valence-corrected chi connectivity index (χ1v) is 10.5. The van der Waals surface area contributed by atoms with Gasteiger partial charge in [-0.15, -0.1) is 0 Å². The Balaban J connectivity index is 1.66. The van der Waals surface area contributed by atoms with Gasteiger partial charge in [0.2, 0.25) is 0 Å². The van der Waals surface area contributed by atoms with E-state index < -0.39 is 0 Å². The maximum Gasteiger partial charge on any atom is 0.255 e. The van der Waals surface area contributed by atoms with Crippen molar-refractivity contribution in [2.75, 3.05) is 11.9 Å². The zero-order valence-corrected chi connectivity index (χ0v) is 17.9. The van der Waals surface area contributed by atoms with E-state index in [1.807, 2.05) is 36.4 Å². The van der Waals surface area contributed by atoms with Crippen molar-refractivity contribution in [1.82, 2.24) is 5.32 Å². The number of carbonyl (C=O) groups is 2. The molecule has 0 spiro atoms. The highest BCUT2D eigenvalue weighted by molar-refractivity contribution is 6.09. The van der Waals surface area contributed by atoms with Crippen molar-refractivity contribution in [2.24, 2.45) is 5.92 Å². The van der Waals surface area contributed by atoms with Crippen molar-refractivity contribution in [3.63, 3.8) is 0 Å². The Morgan fingerprint density at radius 2 is 1.61 bits per heavy atom. The second kappa shape index (κ2) is 11.0. The number of ether oxygens (including phenoxy) is 1. The van der Waals surface area contributed by atoms with Crippen LogP contribution in [0.5, 0.6) is 5.75 Å². The third-order valence-corrected chi connectivity index (χ3v) is 4.78. The molecule has 31 heavy (non-hydrogen) atoms. The molecular weight excluding hydrogens is 388 g/mol. The van der Waals surface area contributed by atoms with Crippen molar-refractivity contribution in [1.29, 1.82) is 0 Å². The smallest absolute Gasteiger partial charge is 0.255 e. The standard InChI is InChI=1S/C26H28N2O3/c1-19(2)15-16-31-22-12-8-11-21(17-22)25(29)28-24-14-7-6-13-23(24)26(30)27-18-20-9-4-3-5-10-20/h3-14,17,19H,15-16,18H2,1-2H3,(H,27,30)(H,28,29). The summed E-state index contributed by atoms with van der Waals surface area (Å²) in [5, 5.41) is 5.75. The lowest BCUT2D eigenvalue weighted by Crippen LogP contribution is -2.24. The van der Waals surface area contributed by atoms with E-state index in [1.165, 1.54) is 0 Å². The van der Waals surface area contributed by atoms with Gasteiger partial charge in [-0.3, -0.25) is 9.59 Å². The van der Waals surface area contributed by atoms with Gasteiger partial charge in [0.25, 0.3) is 11.8 Å². The van der Waals surface area contributed by atoms with Crippen molar-refractivity contribution >= 4 is 17.5 Å². The van der Waals surface area contributed by atoms with Crippen LogP contribution in [0.2, 0.25) is 0 Å². The molecule has 0 bridgehead atoms. The molecule has 2 N–H and O–H groups in total. The summed E-state index contributed by atoms with van der Waals surface area (Å²) in [4.78, 5) is 25.5. The normalized spacial score (nSPS) is 10.5. The Hall–Kier alpha value is -3.60. The number of nitrogens with one attached hydrogen (secondary N) is 2. The molecule has 5 heteroatoms. The molecule has 2 amide bonds. The Morgan fingerprint density at radius 1 is 0.871 bits per heavy atom. The van der Waals surface area contributed by atoms with E-state index in [0.717, 1.165) is 12.0 Å². The molecule has 0 aliphatic heterocycles. The maximum absolute atomic E-state index is 12.8. The average Bonchev–Trinajstić information content (AvgIpc) is 2.78. The SMILES string of the molecule is CC(C)CCOc1cccc(C(=O)Nc2ccccc2C(=O)NCc2ccccc2)c1. The summed E-state index contributed by atoms with van der Waals surface area (Å²) in [5.41, 5.74) is 2.36. The average molecular weight is 417 g/mol. The Bertz CT molecular complexity index is 1020. The number of hydrogen-bond acceptors (Lipinski definition) is 3. The minimum atomic E-state index is -0.294. The van der Waals surface area contributed by atoms with E-state index in [1.54, 1.807) is 42.5 Å². The second-order valence-corrected chi connectivity index (χ2v) is 7.73. The fraction of sp³-hybridized carbons (Fsp3) is 0.231. The van der Waals surface area contributed by atoms with E-state index in [0.29, 0.717) is 41.6 Å². The first kappa shape index (κ1) is 22.1. The highest BCUT2D eigenvalue weighted by atomic mass is 16.5. The van der Waals surface area contributed by atoms with Crippen LogP contribution >= 0.6 is 0 Å². The van der Waals surface area contributed by atoms with Crippen LogP contribution in [-0.4, -0.2) is 18.4 Å². The molecule has 0 heterocycles. The largest absolute Gasteiger partial charge is 0.494 e. The van der Waals surface area contributed by atoms with Gasteiger partial charge in [-0.2, -0.15) is 0 Å². The van der Waals surface area contributed by atoms with E-state index in [4.69, 9.17) is 4.74 Å². The first-order chi connectivity index (χ1) is 15.0.